The summed E-state index contributed by atoms with van der Waals surface area (Å²) in [4.78, 5) is 0. The molecule has 0 spiro atoms. The van der Waals surface area contributed by atoms with Crippen LogP contribution >= 0.6 is 48.9 Å². The van der Waals surface area contributed by atoms with Crippen LogP contribution in [-0.2, 0) is 22.4 Å². The molecular weight excluding hydrogens is 452 g/mol. The molecule has 0 aliphatic heterocycles. The first-order valence-electron chi connectivity index (χ1n) is 1.71. The van der Waals surface area contributed by atoms with Crippen LogP contribution in [0.2, 0.25) is 0 Å². The molecule has 0 amide bonds. The van der Waals surface area contributed by atoms with E-state index in [0.717, 1.165) is 0 Å². The van der Waals surface area contributed by atoms with Gasteiger partial charge in [-0.15, -0.1) is 0 Å². The van der Waals surface area contributed by atoms with Crippen LogP contribution in [0, 0.1) is 0 Å². The van der Waals surface area contributed by atoms with Crippen molar-refractivity contribution < 1.29 is 51.9 Å². The van der Waals surface area contributed by atoms with Crippen LogP contribution in [-0.4, -0.2) is 20.6 Å². The standard InChI is InChI=1S/4CNS.Au.Na/c4*2-1-3;;/q4*-1;+3;+1. The van der Waals surface area contributed by atoms with Crippen molar-refractivity contribution in [1.29, 1.82) is 0 Å². The average molecular weight is 452 g/mol. The molecule has 0 heterocycles. The van der Waals surface area contributed by atoms with Crippen molar-refractivity contribution in [3.63, 3.8) is 0 Å². The molecule has 0 unspecified atom stereocenters. The fourth-order valence-electron chi connectivity index (χ4n) is 0. The minimum Gasteiger partial charge on any atom is -0.753 e. The van der Waals surface area contributed by atoms with Gasteiger partial charge in [-0.1, -0.05) is 48.9 Å². The van der Waals surface area contributed by atoms with Gasteiger partial charge in [0.2, 0.25) is 0 Å². The quantitative estimate of drug-likeness (QED) is 0.285. The fourth-order valence-corrected chi connectivity index (χ4v) is 0. The molecule has 0 aromatic heterocycles. The first-order valence-corrected chi connectivity index (χ1v) is 3.34. The maximum absolute atomic E-state index is 7.13. The van der Waals surface area contributed by atoms with Gasteiger partial charge in [-0.25, -0.2) is 0 Å². The smallest absolute Gasteiger partial charge is 0.753 e. The molecule has 0 fully saturated rings. The predicted molar refractivity (Wildman–Crippen MR) is 63.8 cm³/mol. The molecule has 0 aliphatic carbocycles. The van der Waals surface area contributed by atoms with Gasteiger partial charge < -0.3 is 21.6 Å². The summed E-state index contributed by atoms with van der Waals surface area (Å²) in [6, 6.07) is 0. The van der Waals surface area contributed by atoms with E-state index in [4.69, 9.17) is 21.6 Å². The van der Waals surface area contributed by atoms with Crippen LogP contribution in [0.4, 0.5) is 0 Å². The zero-order chi connectivity index (χ0) is 10.8. The third kappa shape index (κ3) is 2090. The second-order valence-corrected chi connectivity index (χ2v) is 1.10. The zero-order valence-corrected chi connectivity index (χ0v) is 14.2. The fraction of sp³-hybridized carbons (Fsp3) is 0. The van der Waals surface area contributed by atoms with Crippen LogP contribution < -0.4 is 29.6 Å². The Morgan fingerprint density at radius 1 is 0.571 bits per heavy atom. The molecule has 0 saturated heterocycles. The summed E-state index contributed by atoms with van der Waals surface area (Å²) in [7, 11) is 0. The maximum atomic E-state index is 7.13. The molecule has 0 saturated carbocycles. The van der Waals surface area contributed by atoms with E-state index < -0.39 is 0 Å². The van der Waals surface area contributed by atoms with Crippen LogP contribution in [0.25, 0.3) is 21.6 Å². The summed E-state index contributed by atoms with van der Waals surface area (Å²) >= 11 is 14.8. The zero-order valence-electron chi connectivity index (χ0n) is 6.72. The van der Waals surface area contributed by atoms with Gasteiger partial charge in [0.15, 0.2) is 0 Å². The van der Waals surface area contributed by atoms with Gasteiger partial charge in [-0.2, -0.15) is 20.6 Å². The number of hydrogen-bond donors (Lipinski definition) is 0. The molecule has 0 bridgehead atoms. The Morgan fingerprint density at radius 3 is 0.571 bits per heavy atom. The van der Waals surface area contributed by atoms with E-state index in [-0.39, 0.29) is 51.9 Å². The molecule has 0 rings (SSSR count). The topological polar surface area (TPSA) is 89.2 Å². The summed E-state index contributed by atoms with van der Waals surface area (Å²) in [6.45, 7) is 0. The Kier molecular flexibility index (Phi) is 248. The first-order chi connectivity index (χ1) is 5.66. The summed E-state index contributed by atoms with van der Waals surface area (Å²) in [5.41, 5.74) is 0. The van der Waals surface area contributed by atoms with E-state index in [0.29, 0.717) is 0 Å². The molecule has 0 radical (unpaired) electrons. The monoisotopic (exact) mass is 452 g/mol. The number of thiocarbonyl (C=S) groups is 4. The molecule has 0 aliphatic rings. The van der Waals surface area contributed by atoms with E-state index in [2.05, 4.69) is 48.9 Å². The molecule has 72 valence electrons. The Bertz CT molecular complexity index is 161. The molecule has 0 aromatic carbocycles. The number of hydrogen-bond acceptors (Lipinski definition) is 4. The van der Waals surface area contributed by atoms with Gasteiger partial charge in [0.1, 0.15) is 0 Å². The van der Waals surface area contributed by atoms with Crippen LogP contribution in [0.1, 0.15) is 0 Å². The number of rotatable bonds is 0. The van der Waals surface area contributed by atoms with Gasteiger partial charge in [0.25, 0.3) is 0 Å². The number of isothiocyanates is 4. The van der Waals surface area contributed by atoms with Gasteiger partial charge in [-0.05, 0) is 0 Å². The van der Waals surface area contributed by atoms with Gasteiger partial charge in [0.05, 0.1) is 0 Å². The van der Waals surface area contributed by atoms with Crippen molar-refractivity contribution in [3.05, 3.63) is 21.6 Å². The van der Waals surface area contributed by atoms with Crippen molar-refractivity contribution in [3.8, 4) is 0 Å². The van der Waals surface area contributed by atoms with E-state index in [1.165, 1.54) is 20.6 Å². The van der Waals surface area contributed by atoms with E-state index >= 15 is 0 Å². The van der Waals surface area contributed by atoms with Gasteiger partial charge >= 0.3 is 51.9 Å². The van der Waals surface area contributed by atoms with Crippen molar-refractivity contribution in [2.45, 2.75) is 0 Å². The summed E-state index contributed by atoms with van der Waals surface area (Å²) < 4.78 is 0. The molecule has 14 heavy (non-hydrogen) atoms. The molecule has 0 N–H and O–H groups in total. The Balaban J connectivity index is -0.0000000145. The normalized spacial score (nSPS) is 2.29. The molecule has 4 nitrogen and oxygen atoms in total. The van der Waals surface area contributed by atoms with Crippen LogP contribution in [0.5, 0.6) is 0 Å². The second kappa shape index (κ2) is 95.6. The molecule has 0 atom stereocenters. The summed E-state index contributed by atoms with van der Waals surface area (Å²) in [5, 5.41) is 33.9. The van der Waals surface area contributed by atoms with Crippen molar-refractivity contribution in [1.82, 2.24) is 0 Å². The SMILES string of the molecule is [Au+3].[N-]=C=S.[N-]=C=S.[N-]=C=S.[N-]=C=S.[Na+]. The number of nitrogens with zero attached hydrogens (tertiary/aromatic N) is 4. The second-order valence-electron chi connectivity index (χ2n) is 0.365. The maximum Gasteiger partial charge on any atom is 3.00 e. The third-order valence-electron chi connectivity index (χ3n) is 0. The Labute approximate surface area is 141 Å². The molecular formula is C4AuN4NaS4. The van der Waals surface area contributed by atoms with Crippen molar-refractivity contribution >= 4 is 69.5 Å². The van der Waals surface area contributed by atoms with E-state index in [9.17, 15) is 0 Å². The van der Waals surface area contributed by atoms with E-state index in [1.54, 1.807) is 0 Å². The summed E-state index contributed by atoms with van der Waals surface area (Å²) in [5.74, 6) is 0. The average Bonchev–Trinajstić information content (AvgIpc) is 1.92. The predicted octanol–water partition coefficient (Wildman–Crippen LogP) is -0.364. The largest absolute Gasteiger partial charge is 3.00 e. The van der Waals surface area contributed by atoms with Crippen LogP contribution in [0.15, 0.2) is 0 Å². The Hall–Kier alpha value is 0.940. The molecule has 0 aromatic rings. The minimum atomic E-state index is 0. The third-order valence-corrected chi connectivity index (χ3v) is 0. The first kappa shape index (κ1) is 36.3. The van der Waals surface area contributed by atoms with Crippen LogP contribution in [0.3, 0.4) is 0 Å². The minimum absolute atomic E-state index is 0. The van der Waals surface area contributed by atoms with Gasteiger partial charge in [0, 0.05) is 0 Å². The van der Waals surface area contributed by atoms with Crippen molar-refractivity contribution in [2.24, 2.45) is 0 Å². The van der Waals surface area contributed by atoms with E-state index in [1.807, 2.05) is 0 Å². The van der Waals surface area contributed by atoms with Crippen molar-refractivity contribution in [2.75, 3.05) is 0 Å². The van der Waals surface area contributed by atoms with Gasteiger partial charge in [-0.3, -0.25) is 0 Å². The Morgan fingerprint density at radius 2 is 0.571 bits per heavy atom. The molecule has 10 heteroatoms. The summed E-state index contributed by atoms with van der Waals surface area (Å²) in [6.07, 6.45) is 0.